The smallest absolute Gasteiger partial charge is 0.251 e. The monoisotopic (exact) mass is 354 g/mol. The van der Waals surface area contributed by atoms with Crippen LogP contribution in [0.3, 0.4) is 0 Å². The Kier molecular flexibility index (Phi) is 6.73. The van der Waals surface area contributed by atoms with E-state index in [2.05, 4.69) is 5.32 Å². The molecular weight excluding hydrogens is 332 g/mol. The highest BCUT2D eigenvalue weighted by Gasteiger charge is 2.19. The molecule has 7 heteroatoms. The number of ether oxygens (including phenoxy) is 2. The average molecular weight is 355 g/mol. The number of benzene rings is 1. The molecule has 1 fully saturated rings. The van der Waals surface area contributed by atoms with Crippen LogP contribution in [0.5, 0.6) is 11.5 Å². The topological polar surface area (TPSA) is 67.9 Å². The zero-order valence-electron chi connectivity index (χ0n) is 14.1. The second-order valence-corrected chi connectivity index (χ2v) is 5.92. The van der Waals surface area contributed by atoms with Gasteiger partial charge >= 0.3 is 0 Å². The van der Waals surface area contributed by atoms with Gasteiger partial charge in [-0.1, -0.05) is 11.6 Å². The molecule has 1 saturated heterocycles. The standard InChI is InChI=1S/C17H23ClN2O4/c1-3-24-16-13(18)10-12(11-14(16)23-2)17(22)19-7-6-15(21)20-8-4-5-9-20/h10-11H,3-9H2,1-2H3,(H,19,22). The Morgan fingerprint density at radius 3 is 2.62 bits per heavy atom. The van der Waals surface area contributed by atoms with Crippen LogP contribution in [0.15, 0.2) is 12.1 Å². The van der Waals surface area contributed by atoms with Gasteiger partial charge in [-0.05, 0) is 31.9 Å². The van der Waals surface area contributed by atoms with Gasteiger partial charge in [0.15, 0.2) is 11.5 Å². The van der Waals surface area contributed by atoms with E-state index in [0.29, 0.717) is 41.7 Å². The van der Waals surface area contributed by atoms with Gasteiger partial charge in [-0.2, -0.15) is 0 Å². The van der Waals surface area contributed by atoms with Gasteiger partial charge in [0.05, 0.1) is 18.7 Å². The van der Waals surface area contributed by atoms with E-state index in [-0.39, 0.29) is 11.8 Å². The van der Waals surface area contributed by atoms with Crippen LogP contribution in [-0.4, -0.2) is 50.1 Å². The van der Waals surface area contributed by atoms with E-state index in [1.165, 1.54) is 13.2 Å². The average Bonchev–Trinajstić information content (AvgIpc) is 3.11. The Morgan fingerprint density at radius 2 is 2.00 bits per heavy atom. The van der Waals surface area contributed by atoms with Gasteiger partial charge < -0.3 is 19.7 Å². The van der Waals surface area contributed by atoms with Crippen molar-refractivity contribution in [3.8, 4) is 11.5 Å². The molecule has 24 heavy (non-hydrogen) atoms. The lowest BCUT2D eigenvalue weighted by molar-refractivity contribution is -0.129. The highest BCUT2D eigenvalue weighted by molar-refractivity contribution is 6.32. The van der Waals surface area contributed by atoms with Crippen LogP contribution in [0, 0.1) is 0 Å². The maximum absolute atomic E-state index is 12.2. The fraction of sp³-hybridized carbons (Fsp3) is 0.529. The maximum Gasteiger partial charge on any atom is 0.251 e. The van der Waals surface area contributed by atoms with Crippen molar-refractivity contribution < 1.29 is 19.1 Å². The first-order chi connectivity index (χ1) is 11.6. The van der Waals surface area contributed by atoms with E-state index < -0.39 is 0 Å². The van der Waals surface area contributed by atoms with E-state index in [0.717, 1.165) is 25.9 Å². The van der Waals surface area contributed by atoms with Crippen LogP contribution < -0.4 is 14.8 Å². The molecular formula is C17H23ClN2O4. The summed E-state index contributed by atoms with van der Waals surface area (Å²) in [6.45, 7) is 4.21. The lowest BCUT2D eigenvalue weighted by Gasteiger charge is -2.15. The largest absolute Gasteiger partial charge is 0.493 e. The summed E-state index contributed by atoms with van der Waals surface area (Å²) in [4.78, 5) is 26.0. The van der Waals surface area contributed by atoms with Crippen molar-refractivity contribution in [2.75, 3.05) is 33.4 Å². The van der Waals surface area contributed by atoms with Crippen LogP contribution in [0.25, 0.3) is 0 Å². The molecule has 6 nitrogen and oxygen atoms in total. The van der Waals surface area contributed by atoms with Crippen molar-refractivity contribution in [1.82, 2.24) is 10.2 Å². The summed E-state index contributed by atoms with van der Waals surface area (Å²) in [6, 6.07) is 3.11. The molecule has 1 N–H and O–H groups in total. The summed E-state index contributed by atoms with van der Waals surface area (Å²) < 4.78 is 10.7. The third-order valence-electron chi connectivity index (χ3n) is 3.86. The molecule has 0 saturated carbocycles. The van der Waals surface area contributed by atoms with E-state index in [9.17, 15) is 9.59 Å². The van der Waals surface area contributed by atoms with Gasteiger partial charge in [-0.3, -0.25) is 9.59 Å². The molecule has 2 amide bonds. The fourth-order valence-corrected chi connectivity index (χ4v) is 2.91. The predicted octanol–water partition coefficient (Wildman–Crippen LogP) is 2.49. The SMILES string of the molecule is CCOc1c(Cl)cc(C(=O)NCCC(=O)N2CCCC2)cc1OC. The first kappa shape index (κ1) is 18.4. The second-order valence-electron chi connectivity index (χ2n) is 5.52. The lowest BCUT2D eigenvalue weighted by atomic mass is 10.2. The number of carbonyl (C=O) groups excluding carboxylic acids is 2. The molecule has 0 atom stereocenters. The van der Waals surface area contributed by atoms with E-state index in [1.807, 2.05) is 11.8 Å². The predicted molar refractivity (Wildman–Crippen MR) is 91.9 cm³/mol. The number of carbonyl (C=O) groups is 2. The van der Waals surface area contributed by atoms with Crippen LogP contribution in [-0.2, 0) is 4.79 Å². The van der Waals surface area contributed by atoms with E-state index in [4.69, 9.17) is 21.1 Å². The molecule has 0 radical (unpaired) electrons. The Morgan fingerprint density at radius 1 is 1.29 bits per heavy atom. The molecule has 1 heterocycles. The van der Waals surface area contributed by atoms with Gasteiger partial charge in [0.1, 0.15) is 0 Å². The summed E-state index contributed by atoms with van der Waals surface area (Å²) in [6.07, 6.45) is 2.42. The molecule has 0 aromatic heterocycles. The highest BCUT2D eigenvalue weighted by Crippen LogP contribution is 2.36. The van der Waals surface area contributed by atoms with Gasteiger partial charge in [0.2, 0.25) is 5.91 Å². The molecule has 132 valence electrons. The summed E-state index contributed by atoms with van der Waals surface area (Å²) in [5.74, 6) is 0.604. The quantitative estimate of drug-likeness (QED) is 0.816. The van der Waals surface area contributed by atoms with Crippen molar-refractivity contribution >= 4 is 23.4 Å². The number of hydrogen-bond donors (Lipinski definition) is 1. The van der Waals surface area contributed by atoms with E-state index >= 15 is 0 Å². The number of likely N-dealkylation sites (tertiary alicyclic amines) is 1. The summed E-state index contributed by atoms with van der Waals surface area (Å²) >= 11 is 6.16. The van der Waals surface area contributed by atoms with Crippen LogP contribution >= 0.6 is 11.6 Å². The highest BCUT2D eigenvalue weighted by atomic mass is 35.5. The molecule has 1 aliphatic rings. The van der Waals surface area contributed by atoms with Crippen LogP contribution in [0.2, 0.25) is 5.02 Å². The third-order valence-corrected chi connectivity index (χ3v) is 4.14. The van der Waals surface area contributed by atoms with Gasteiger partial charge in [0, 0.05) is 31.6 Å². The first-order valence-corrected chi connectivity index (χ1v) is 8.51. The normalized spacial score (nSPS) is 13.7. The number of amides is 2. The molecule has 0 aliphatic carbocycles. The minimum atomic E-state index is -0.299. The Balaban J connectivity index is 1.94. The Bertz CT molecular complexity index is 600. The minimum absolute atomic E-state index is 0.0788. The summed E-state index contributed by atoms with van der Waals surface area (Å²) in [5, 5.41) is 3.06. The number of hydrogen-bond acceptors (Lipinski definition) is 4. The van der Waals surface area contributed by atoms with Crippen molar-refractivity contribution in [3.63, 3.8) is 0 Å². The fourth-order valence-electron chi connectivity index (χ4n) is 2.65. The van der Waals surface area contributed by atoms with Gasteiger partial charge in [-0.25, -0.2) is 0 Å². The van der Waals surface area contributed by atoms with Crippen LogP contribution in [0.1, 0.15) is 36.5 Å². The summed E-state index contributed by atoms with van der Waals surface area (Å²) in [7, 11) is 1.49. The number of halogens is 1. The maximum atomic E-state index is 12.2. The second kappa shape index (κ2) is 8.78. The zero-order valence-corrected chi connectivity index (χ0v) is 14.8. The molecule has 0 bridgehead atoms. The molecule has 1 aliphatic heterocycles. The molecule has 0 spiro atoms. The molecule has 1 aromatic rings. The van der Waals surface area contributed by atoms with Crippen molar-refractivity contribution in [3.05, 3.63) is 22.7 Å². The van der Waals surface area contributed by atoms with E-state index in [1.54, 1.807) is 6.07 Å². The van der Waals surface area contributed by atoms with Gasteiger partial charge in [0.25, 0.3) is 5.91 Å². The number of methoxy groups -OCH3 is 1. The Labute approximate surface area is 147 Å². The summed E-state index contributed by atoms with van der Waals surface area (Å²) in [5.41, 5.74) is 0.369. The third kappa shape index (κ3) is 4.54. The molecule has 0 unspecified atom stereocenters. The Hall–Kier alpha value is -1.95. The van der Waals surface area contributed by atoms with Crippen molar-refractivity contribution in [2.45, 2.75) is 26.2 Å². The lowest BCUT2D eigenvalue weighted by Crippen LogP contribution is -2.32. The van der Waals surface area contributed by atoms with Crippen molar-refractivity contribution in [1.29, 1.82) is 0 Å². The zero-order chi connectivity index (χ0) is 17.5. The minimum Gasteiger partial charge on any atom is -0.493 e. The molecule has 2 rings (SSSR count). The van der Waals surface area contributed by atoms with Crippen LogP contribution in [0.4, 0.5) is 0 Å². The molecule has 1 aromatic carbocycles. The van der Waals surface area contributed by atoms with Gasteiger partial charge in [-0.15, -0.1) is 0 Å². The van der Waals surface area contributed by atoms with Crippen molar-refractivity contribution in [2.24, 2.45) is 0 Å². The number of rotatable bonds is 7. The number of nitrogens with one attached hydrogen (secondary N) is 1. The number of nitrogens with zero attached hydrogens (tertiary/aromatic N) is 1. The first-order valence-electron chi connectivity index (χ1n) is 8.13.